The lowest BCUT2D eigenvalue weighted by Crippen LogP contribution is -2.34. The van der Waals surface area contributed by atoms with E-state index in [0.29, 0.717) is 17.1 Å². The van der Waals surface area contributed by atoms with Crippen molar-refractivity contribution in [3.8, 4) is 78.6 Å². The first kappa shape index (κ1) is 39.9. The molecule has 4 heteroatoms. The zero-order chi connectivity index (χ0) is 54.0. The smallest absolute Gasteiger partial charge is 0.149 e. The number of benzene rings is 7. The fraction of sp³-hybridized carbons (Fsp3) is 0.262. The molecule has 0 aliphatic heterocycles. The van der Waals surface area contributed by atoms with E-state index in [1.807, 2.05) is 36.4 Å². The van der Waals surface area contributed by atoms with Crippen LogP contribution in [-0.4, -0.2) is 19.6 Å². The average molecular weight is 912 g/mol. The highest BCUT2D eigenvalue weighted by Crippen LogP contribution is 2.47. The molecule has 4 nitrogen and oxygen atoms in total. The van der Waals surface area contributed by atoms with Crippen LogP contribution in [0.5, 0.6) is 5.75 Å². The van der Waals surface area contributed by atoms with Gasteiger partial charge in [-0.2, -0.15) is 0 Å². The molecule has 69 heavy (non-hydrogen) atoms. The predicted octanol–water partition coefficient (Wildman–Crippen LogP) is 18.0. The first-order chi connectivity index (χ1) is 35.3. The molecule has 9 aromatic rings. The van der Waals surface area contributed by atoms with Gasteiger partial charge < -0.3 is 5.11 Å². The standard InChI is InChI=1S/C65H67N3O/c1-41(2)47-37-54(42(3)4)61(69)56(38-47)62-67-60-53(24-19-25-59(60)68(62)58-31-30-52(65(11,12)64(8,9)10)40-55(58)45-22-17-14-18-23-45)49-34-48(43-20-15-13-16-21-43)35-50(36-49)57-39-46(32-33-66-57)44-26-28-51(29-27-44)63(5,6)7/h13-42,69H,1-12H3/i5D3,6D3. The molecule has 1 N–H and O–H groups in total. The maximum absolute atomic E-state index is 12.5. The SMILES string of the molecule is [2H]C([2H])([2H])C(C)(c1ccc(-c2ccnc(-c3cc(-c4ccccc4)cc(-c4cccc5c4nc(-c4cc(C(C)C)cc(C(C)C)c4O)n5-c4ccc(C(C)(C)C(C)(C)C)cc4-c4ccccc4)c3)c2)cc1)C([2H])([2H])[2H]. The Hall–Kier alpha value is -7.04. The van der Waals surface area contributed by atoms with Crippen LogP contribution in [-0.2, 0) is 10.8 Å². The molecular weight excluding hydrogens is 839 g/mol. The summed E-state index contributed by atoms with van der Waals surface area (Å²) in [5.41, 5.74) is 13.6. The zero-order valence-corrected chi connectivity index (χ0v) is 41.6. The van der Waals surface area contributed by atoms with E-state index >= 15 is 0 Å². The number of imidazole rings is 1. The highest BCUT2D eigenvalue weighted by molar-refractivity contribution is 5.98. The third-order valence-corrected chi connectivity index (χ3v) is 14.5. The Morgan fingerprint density at radius 1 is 0.522 bits per heavy atom. The first-order valence-electron chi connectivity index (χ1n) is 27.2. The molecule has 2 aromatic heterocycles. The van der Waals surface area contributed by atoms with E-state index in [0.717, 1.165) is 77.9 Å². The van der Waals surface area contributed by atoms with Crippen LogP contribution in [0.2, 0.25) is 0 Å². The van der Waals surface area contributed by atoms with Crippen LogP contribution >= 0.6 is 0 Å². The number of aromatic hydroxyl groups is 1. The van der Waals surface area contributed by atoms with E-state index in [1.54, 1.807) is 30.5 Å². The fourth-order valence-corrected chi connectivity index (χ4v) is 9.27. The summed E-state index contributed by atoms with van der Waals surface area (Å²) in [6.07, 6.45) is 1.76. The van der Waals surface area contributed by atoms with E-state index in [1.165, 1.54) is 12.5 Å². The van der Waals surface area contributed by atoms with Crippen molar-refractivity contribution >= 4 is 11.0 Å². The Kier molecular flexibility index (Phi) is 10.5. The number of hydrogen-bond donors (Lipinski definition) is 1. The van der Waals surface area contributed by atoms with Crippen molar-refractivity contribution in [2.24, 2.45) is 5.41 Å². The van der Waals surface area contributed by atoms with Gasteiger partial charge in [-0.25, -0.2) is 4.98 Å². The molecule has 0 unspecified atom stereocenters. The molecule has 0 spiro atoms. The molecule has 0 saturated carbocycles. The lowest BCUT2D eigenvalue weighted by Gasteiger charge is -2.40. The van der Waals surface area contributed by atoms with Gasteiger partial charge in [0.15, 0.2) is 0 Å². The zero-order valence-electron chi connectivity index (χ0n) is 47.6. The quantitative estimate of drug-likeness (QED) is 0.149. The number of para-hydroxylation sites is 1. The summed E-state index contributed by atoms with van der Waals surface area (Å²) in [6.45, 7) is 15.9. The van der Waals surface area contributed by atoms with Gasteiger partial charge in [-0.1, -0.05) is 192 Å². The second kappa shape index (κ2) is 18.1. The number of phenols is 1. The number of hydrogen-bond acceptors (Lipinski definition) is 3. The Bertz CT molecular complexity index is 3530. The molecule has 0 aliphatic rings. The number of rotatable bonds is 10. The van der Waals surface area contributed by atoms with Crippen LogP contribution in [0, 0.1) is 5.41 Å². The van der Waals surface area contributed by atoms with Crippen molar-refractivity contribution in [1.82, 2.24) is 14.5 Å². The van der Waals surface area contributed by atoms with Crippen molar-refractivity contribution in [1.29, 1.82) is 0 Å². The molecule has 0 atom stereocenters. The van der Waals surface area contributed by atoms with Gasteiger partial charge in [-0.05, 0) is 138 Å². The van der Waals surface area contributed by atoms with Crippen LogP contribution in [0.15, 0.2) is 170 Å². The summed E-state index contributed by atoms with van der Waals surface area (Å²) >= 11 is 0. The predicted molar refractivity (Wildman–Crippen MR) is 293 cm³/mol. The molecular formula is C65H67N3O. The van der Waals surface area contributed by atoms with Gasteiger partial charge in [-0.3, -0.25) is 9.55 Å². The van der Waals surface area contributed by atoms with Gasteiger partial charge in [0.2, 0.25) is 0 Å². The van der Waals surface area contributed by atoms with Crippen molar-refractivity contribution in [3.05, 3.63) is 192 Å². The number of pyridine rings is 1. The molecule has 9 rings (SSSR count). The molecule has 348 valence electrons. The Balaban J connectivity index is 1.29. The Morgan fingerprint density at radius 3 is 1.81 bits per heavy atom. The summed E-state index contributed by atoms with van der Waals surface area (Å²) < 4.78 is 51.4. The van der Waals surface area contributed by atoms with Crippen molar-refractivity contribution in [3.63, 3.8) is 0 Å². The minimum atomic E-state index is -2.76. The number of aromatic nitrogens is 3. The van der Waals surface area contributed by atoms with E-state index < -0.39 is 19.1 Å². The minimum Gasteiger partial charge on any atom is -0.507 e. The molecule has 0 aliphatic carbocycles. The van der Waals surface area contributed by atoms with Crippen LogP contribution in [0.4, 0.5) is 0 Å². The minimum absolute atomic E-state index is 0.0372. The second-order valence-electron chi connectivity index (χ2n) is 21.0. The van der Waals surface area contributed by atoms with Gasteiger partial charge in [-0.15, -0.1) is 0 Å². The third kappa shape index (κ3) is 9.06. The van der Waals surface area contributed by atoms with E-state index in [9.17, 15) is 5.11 Å². The van der Waals surface area contributed by atoms with Crippen molar-refractivity contribution in [2.75, 3.05) is 0 Å². The van der Waals surface area contributed by atoms with E-state index in [-0.39, 0.29) is 34.0 Å². The molecule has 2 heterocycles. The maximum atomic E-state index is 12.5. The molecule has 0 fully saturated rings. The van der Waals surface area contributed by atoms with Crippen molar-refractivity contribution in [2.45, 2.75) is 106 Å². The normalized spacial score (nSPS) is 14.0. The monoisotopic (exact) mass is 912 g/mol. The number of nitrogens with zero attached hydrogens (tertiary/aromatic N) is 3. The highest BCUT2D eigenvalue weighted by Gasteiger charge is 2.35. The Labute approximate surface area is 419 Å². The number of phenolic OH excluding ortho intramolecular Hbond substituents is 1. The van der Waals surface area contributed by atoms with Crippen LogP contribution in [0.1, 0.15) is 125 Å². The molecule has 0 radical (unpaired) electrons. The summed E-state index contributed by atoms with van der Waals surface area (Å²) in [7, 11) is 0. The lowest BCUT2D eigenvalue weighted by molar-refractivity contribution is 0.225. The summed E-state index contributed by atoms with van der Waals surface area (Å²) in [4.78, 5) is 10.6. The third-order valence-electron chi connectivity index (χ3n) is 14.5. The molecule has 7 aromatic carbocycles. The topological polar surface area (TPSA) is 50.9 Å². The first-order valence-corrected chi connectivity index (χ1v) is 24.2. The van der Waals surface area contributed by atoms with E-state index in [4.69, 9.17) is 18.2 Å². The average Bonchev–Trinajstić information content (AvgIpc) is 3.79. The number of fused-ring (bicyclic) bond motifs is 1. The second-order valence-corrected chi connectivity index (χ2v) is 21.0. The van der Waals surface area contributed by atoms with Gasteiger partial charge in [0.25, 0.3) is 0 Å². The van der Waals surface area contributed by atoms with Crippen LogP contribution < -0.4 is 0 Å². The lowest BCUT2D eigenvalue weighted by atomic mass is 9.65. The molecule has 0 saturated heterocycles. The Morgan fingerprint density at radius 2 is 1.16 bits per heavy atom. The summed E-state index contributed by atoms with van der Waals surface area (Å²) in [5, 5.41) is 12.5. The van der Waals surface area contributed by atoms with Gasteiger partial charge in [0.1, 0.15) is 11.6 Å². The molecule has 0 bridgehead atoms. The van der Waals surface area contributed by atoms with Gasteiger partial charge >= 0.3 is 0 Å². The van der Waals surface area contributed by atoms with Gasteiger partial charge in [0.05, 0.1) is 28.0 Å². The van der Waals surface area contributed by atoms with E-state index in [2.05, 4.69) is 170 Å². The molecule has 0 amide bonds. The largest absolute Gasteiger partial charge is 0.507 e. The summed E-state index contributed by atoms with van der Waals surface area (Å²) in [5.74, 6) is 1.10. The maximum Gasteiger partial charge on any atom is 0.149 e. The van der Waals surface area contributed by atoms with Gasteiger partial charge in [0, 0.05) is 31.1 Å². The summed E-state index contributed by atoms with van der Waals surface area (Å²) in [6, 6.07) is 55.4. The fourth-order valence-electron chi connectivity index (χ4n) is 9.27. The highest BCUT2D eigenvalue weighted by atomic mass is 16.3. The van der Waals surface area contributed by atoms with Crippen LogP contribution in [0.3, 0.4) is 0 Å². The van der Waals surface area contributed by atoms with Crippen molar-refractivity contribution < 1.29 is 13.3 Å². The van der Waals surface area contributed by atoms with Crippen LogP contribution in [0.25, 0.3) is 83.9 Å².